The van der Waals surface area contributed by atoms with Crippen molar-refractivity contribution >= 4 is 22.8 Å². The Hall–Kier alpha value is -2.10. The largest absolute Gasteiger partial charge is 0.485 e. The number of allylic oxidation sites excluding steroid dienone is 1. The van der Waals surface area contributed by atoms with Gasteiger partial charge in [-0.15, -0.1) is 0 Å². The van der Waals surface area contributed by atoms with Crippen LogP contribution >= 0.6 is 0 Å². The number of nitrogens with one attached hydrogen (secondary N) is 1. The molecule has 1 aromatic rings. The first-order chi connectivity index (χ1) is 9.38. The zero-order chi connectivity index (χ0) is 14.9. The summed E-state index contributed by atoms with van der Waals surface area (Å²) in [6.07, 6.45) is 1.92. The molecule has 0 saturated carbocycles. The fourth-order valence-electron chi connectivity index (χ4n) is 2.12. The highest BCUT2D eigenvalue weighted by Gasteiger charge is 2.15. The van der Waals surface area contributed by atoms with Gasteiger partial charge in [0.05, 0.1) is 5.71 Å². The van der Waals surface area contributed by atoms with Crippen molar-refractivity contribution in [1.82, 2.24) is 0 Å². The number of nitrogens with zero attached hydrogens (tertiary/aromatic N) is 2. The van der Waals surface area contributed by atoms with E-state index in [9.17, 15) is 0 Å². The van der Waals surface area contributed by atoms with Gasteiger partial charge in [0.2, 0.25) is 0 Å². The third kappa shape index (κ3) is 2.90. The molecule has 0 aliphatic carbocycles. The first-order valence-electron chi connectivity index (χ1n) is 6.64. The van der Waals surface area contributed by atoms with Gasteiger partial charge in [0.1, 0.15) is 18.0 Å². The standard InChI is InChI=1S/C16H21N3O/c1-10(12(3)17)6-13-9-20-16-8-15(19(4)5)11(2)7-14(16)18-13/h6-8,17H,9H2,1-5H3/b10-6-,17-12?. The second-order valence-electron chi connectivity index (χ2n) is 5.35. The van der Waals surface area contributed by atoms with Crippen molar-refractivity contribution < 1.29 is 4.74 Å². The van der Waals surface area contributed by atoms with Crippen LogP contribution in [0.4, 0.5) is 11.4 Å². The van der Waals surface area contributed by atoms with Crippen LogP contribution in [0.15, 0.2) is 28.8 Å². The normalized spacial score (nSPS) is 14.2. The van der Waals surface area contributed by atoms with Gasteiger partial charge in [-0.1, -0.05) is 0 Å². The predicted octanol–water partition coefficient (Wildman–Crippen LogP) is 3.51. The third-order valence-electron chi connectivity index (χ3n) is 3.37. The van der Waals surface area contributed by atoms with Gasteiger partial charge in [0.25, 0.3) is 0 Å². The molecule has 0 fully saturated rings. The van der Waals surface area contributed by atoms with Crippen LogP contribution in [0, 0.1) is 12.3 Å². The number of aliphatic imine (C=N–C) groups is 1. The highest BCUT2D eigenvalue weighted by Crippen LogP contribution is 2.36. The summed E-state index contributed by atoms with van der Waals surface area (Å²) in [5, 5.41) is 7.60. The molecule has 0 atom stereocenters. The molecular weight excluding hydrogens is 250 g/mol. The first kappa shape index (κ1) is 14.3. The minimum absolute atomic E-state index is 0.452. The molecule has 106 valence electrons. The fourth-order valence-corrected chi connectivity index (χ4v) is 2.12. The van der Waals surface area contributed by atoms with E-state index in [1.165, 1.54) is 5.56 Å². The molecule has 2 rings (SSSR count). The van der Waals surface area contributed by atoms with Gasteiger partial charge < -0.3 is 15.0 Å². The smallest absolute Gasteiger partial charge is 0.147 e. The minimum atomic E-state index is 0.452. The summed E-state index contributed by atoms with van der Waals surface area (Å²) >= 11 is 0. The lowest BCUT2D eigenvalue weighted by atomic mass is 10.1. The Kier molecular flexibility index (Phi) is 3.93. The first-order valence-corrected chi connectivity index (χ1v) is 6.64. The van der Waals surface area contributed by atoms with Crippen molar-refractivity contribution in [1.29, 1.82) is 5.41 Å². The molecule has 4 heteroatoms. The lowest BCUT2D eigenvalue weighted by molar-refractivity contribution is 0.373. The number of aryl methyl sites for hydroxylation is 1. The van der Waals surface area contributed by atoms with Crippen LogP contribution in [0.2, 0.25) is 0 Å². The average Bonchev–Trinajstić information content (AvgIpc) is 2.37. The van der Waals surface area contributed by atoms with Crippen LogP contribution in [0.1, 0.15) is 19.4 Å². The summed E-state index contributed by atoms with van der Waals surface area (Å²) < 4.78 is 5.79. The summed E-state index contributed by atoms with van der Waals surface area (Å²) in [5.41, 5.74) is 5.51. The number of hydrogen-bond acceptors (Lipinski definition) is 4. The van der Waals surface area contributed by atoms with E-state index in [1.807, 2.05) is 39.2 Å². The van der Waals surface area contributed by atoms with Gasteiger partial charge in [0.15, 0.2) is 0 Å². The maximum atomic E-state index is 7.60. The molecule has 0 spiro atoms. The van der Waals surface area contributed by atoms with E-state index in [-0.39, 0.29) is 0 Å². The Morgan fingerprint density at radius 1 is 1.35 bits per heavy atom. The number of hydrogen-bond donors (Lipinski definition) is 1. The quantitative estimate of drug-likeness (QED) is 0.855. The van der Waals surface area contributed by atoms with Gasteiger partial charge in [-0.3, -0.25) is 0 Å². The second-order valence-corrected chi connectivity index (χ2v) is 5.35. The van der Waals surface area contributed by atoms with E-state index in [4.69, 9.17) is 10.1 Å². The number of anilines is 1. The van der Waals surface area contributed by atoms with Crippen LogP contribution in [0.5, 0.6) is 5.75 Å². The topological polar surface area (TPSA) is 48.7 Å². The van der Waals surface area contributed by atoms with E-state index >= 15 is 0 Å². The summed E-state index contributed by atoms with van der Waals surface area (Å²) in [7, 11) is 4.04. The summed E-state index contributed by atoms with van der Waals surface area (Å²) in [4.78, 5) is 6.70. The second kappa shape index (κ2) is 5.49. The highest BCUT2D eigenvalue weighted by molar-refractivity contribution is 6.06. The Morgan fingerprint density at radius 3 is 2.65 bits per heavy atom. The average molecular weight is 271 g/mol. The molecule has 20 heavy (non-hydrogen) atoms. The van der Waals surface area contributed by atoms with E-state index in [0.717, 1.165) is 28.4 Å². The van der Waals surface area contributed by atoms with Crippen LogP contribution in [-0.4, -0.2) is 32.1 Å². The molecule has 0 amide bonds. The van der Waals surface area contributed by atoms with Crippen molar-refractivity contribution in [2.75, 3.05) is 25.6 Å². The molecule has 4 nitrogen and oxygen atoms in total. The number of fused-ring (bicyclic) bond motifs is 1. The van der Waals surface area contributed by atoms with Gasteiger partial charge in [-0.25, -0.2) is 4.99 Å². The number of benzene rings is 1. The van der Waals surface area contributed by atoms with Gasteiger partial charge >= 0.3 is 0 Å². The molecule has 0 saturated heterocycles. The van der Waals surface area contributed by atoms with E-state index in [1.54, 1.807) is 6.92 Å². The van der Waals surface area contributed by atoms with E-state index < -0.39 is 0 Å². The number of ether oxygens (including phenoxy) is 1. The lowest BCUT2D eigenvalue weighted by Gasteiger charge is -2.21. The van der Waals surface area contributed by atoms with Crippen molar-refractivity contribution in [2.45, 2.75) is 20.8 Å². The van der Waals surface area contributed by atoms with Crippen LogP contribution in [0.25, 0.3) is 0 Å². The fraction of sp³-hybridized carbons (Fsp3) is 0.375. The predicted molar refractivity (Wildman–Crippen MR) is 85.3 cm³/mol. The molecule has 1 aliphatic heterocycles. The lowest BCUT2D eigenvalue weighted by Crippen LogP contribution is -2.16. The minimum Gasteiger partial charge on any atom is -0.485 e. The summed E-state index contributed by atoms with van der Waals surface area (Å²) in [5.74, 6) is 0.820. The molecule has 1 heterocycles. The Bertz CT molecular complexity index is 612. The van der Waals surface area contributed by atoms with Crippen molar-refractivity contribution in [2.24, 2.45) is 4.99 Å². The molecular formula is C16H21N3O. The van der Waals surface area contributed by atoms with Crippen molar-refractivity contribution in [3.8, 4) is 5.75 Å². The van der Waals surface area contributed by atoms with Crippen LogP contribution < -0.4 is 9.64 Å². The zero-order valence-electron chi connectivity index (χ0n) is 12.7. The van der Waals surface area contributed by atoms with Gasteiger partial charge in [0, 0.05) is 31.6 Å². The molecule has 1 aromatic carbocycles. The maximum Gasteiger partial charge on any atom is 0.147 e. The van der Waals surface area contributed by atoms with E-state index in [2.05, 4.69) is 16.8 Å². The summed E-state index contributed by atoms with van der Waals surface area (Å²) in [6.45, 7) is 6.22. The monoisotopic (exact) mass is 271 g/mol. The van der Waals surface area contributed by atoms with Crippen LogP contribution in [-0.2, 0) is 0 Å². The summed E-state index contributed by atoms with van der Waals surface area (Å²) in [6, 6.07) is 4.08. The Morgan fingerprint density at radius 2 is 2.05 bits per heavy atom. The Labute approximate surface area is 120 Å². The number of rotatable bonds is 3. The third-order valence-corrected chi connectivity index (χ3v) is 3.37. The molecule has 0 unspecified atom stereocenters. The van der Waals surface area contributed by atoms with Crippen molar-refractivity contribution in [3.05, 3.63) is 29.3 Å². The SMILES string of the molecule is CC(=N)/C(C)=C\C1=Nc2cc(C)c(N(C)C)cc2OC1. The van der Waals surface area contributed by atoms with Gasteiger partial charge in [-0.2, -0.15) is 0 Å². The molecule has 0 bridgehead atoms. The molecule has 0 radical (unpaired) electrons. The van der Waals surface area contributed by atoms with E-state index in [0.29, 0.717) is 12.3 Å². The maximum absolute atomic E-state index is 7.60. The molecule has 1 N–H and O–H groups in total. The van der Waals surface area contributed by atoms with Crippen molar-refractivity contribution in [3.63, 3.8) is 0 Å². The zero-order valence-corrected chi connectivity index (χ0v) is 12.7. The van der Waals surface area contributed by atoms with Gasteiger partial charge in [-0.05, 0) is 44.1 Å². The molecule has 1 aliphatic rings. The Balaban J connectivity index is 2.40. The highest BCUT2D eigenvalue weighted by atomic mass is 16.5. The molecule has 0 aromatic heterocycles. The van der Waals surface area contributed by atoms with Crippen LogP contribution in [0.3, 0.4) is 0 Å².